The maximum Gasteiger partial charge on any atom is 0.186 e. The fourth-order valence-electron chi connectivity index (χ4n) is 3.10. The molecule has 0 aromatic heterocycles. The van der Waals surface area contributed by atoms with Crippen molar-refractivity contribution in [2.75, 3.05) is 0 Å². The predicted octanol–water partition coefficient (Wildman–Crippen LogP) is 5.85. The molecule has 0 bridgehead atoms. The summed E-state index contributed by atoms with van der Waals surface area (Å²) >= 11 is 0. The first-order chi connectivity index (χ1) is 12.5. The van der Waals surface area contributed by atoms with Crippen LogP contribution in [0.2, 0.25) is 0 Å². The van der Waals surface area contributed by atoms with Gasteiger partial charge in [0.1, 0.15) is 5.75 Å². The fourth-order valence-corrected chi connectivity index (χ4v) is 4.30. The Kier molecular flexibility index (Phi) is 9.02. The summed E-state index contributed by atoms with van der Waals surface area (Å²) in [6, 6.07) is 10.4. The maximum atomic E-state index is 13.1. The number of hydrogen-bond acceptors (Lipinski definition) is 2. The summed E-state index contributed by atoms with van der Waals surface area (Å²) in [4.78, 5) is 13.1. The van der Waals surface area contributed by atoms with Crippen molar-refractivity contribution in [1.29, 1.82) is 0 Å². The zero-order valence-electron chi connectivity index (χ0n) is 19.0. The monoisotopic (exact) mass is 391 g/mol. The fraction of sp³-hybridized carbons (Fsp3) is 0.458. The van der Waals surface area contributed by atoms with Crippen molar-refractivity contribution in [3.05, 3.63) is 58.1 Å². The van der Waals surface area contributed by atoms with Crippen LogP contribution in [0.15, 0.2) is 30.3 Å². The van der Waals surface area contributed by atoms with E-state index >= 15 is 0 Å². The van der Waals surface area contributed by atoms with Crippen LogP contribution < -0.4 is 10.0 Å². The van der Waals surface area contributed by atoms with Gasteiger partial charge in [0.25, 0.3) is 0 Å². The average molecular weight is 391 g/mol. The van der Waals surface area contributed by atoms with Crippen molar-refractivity contribution in [2.45, 2.75) is 73.3 Å². The van der Waals surface area contributed by atoms with Gasteiger partial charge in [-0.15, -0.1) is 0 Å². The minimum absolute atomic E-state index is 0. The minimum atomic E-state index is 0. The van der Waals surface area contributed by atoms with Crippen LogP contribution in [0.4, 0.5) is 0 Å². The van der Waals surface area contributed by atoms with Crippen molar-refractivity contribution >= 4 is 38.3 Å². The maximum absolute atomic E-state index is 13.1. The number of rotatable bonds is 6. The van der Waals surface area contributed by atoms with Crippen LogP contribution >= 0.6 is 8.58 Å². The van der Waals surface area contributed by atoms with Gasteiger partial charge in [0.15, 0.2) is 5.52 Å². The molecule has 0 heterocycles. The third kappa shape index (κ3) is 6.22. The number of carbonyl (C=O) groups excluding carboxylic acids is 1. The van der Waals surface area contributed by atoms with E-state index in [2.05, 4.69) is 67.5 Å². The normalized spacial score (nSPS) is 12.7. The molecule has 2 aromatic rings. The summed E-state index contributed by atoms with van der Waals surface area (Å²) in [5, 5.41) is 1.09. The van der Waals surface area contributed by atoms with Gasteiger partial charge >= 0.3 is 0 Å². The van der Waals surface area contributed by atoms with Gasteiger partial charge in [-0.2, -0.15) is 0 Å². The Hall–Kier alpha value is -1.06. The smallest absolute Gasteiger partial charge is 0.186 e. The molecule has 2 nitrogen and oxygen atoms in total. The molecule has 0 spiro atoms. The SMILES string of the molecule is CCC(C)Oc1ccc(PC(=O)c2c(C)cc(C(C)(C)C)cc2C)c(C)c1.[Li]. The number of aryl methyl sites for hydroxylation is 3. The molecule has 0 aliphatic heterocycles. The van der Waals surface area contributed by atoms with E-state index in [0.717, 1.165) is 39.7 Å². The standard InChI is InChI=1S/C24H33O2P.Li/c1-9-18(5)26-20-10-11-21(15(2)14-20)27-23(25)22-16(3)12-19(13-17(22)4)24(6,7)8;/h10-14,18,27H,9H2,1-8H3;. The van der Waals surface area contributed by atoms with Crippen molar-refractivity contribution < 1.29 is 9.53 Å². The molecular formula is C24H33LiO2P. The van der Waals surface area contributed by atoms with E-state index in [-0.39, 0.29) is 44.5 Å². The molecule has 0 saturated carbocycles. The topological polar surface area (TPSA) is 26.3 Å². The molecule has 2 rings (SSSR count). The van der Waals surface area contributed by atoms with Crippen molar-refractivity contribution in [3.8, 4) is 5.75 Å². The summed E-state index contributed by atoms with van der Waals surface area (Å²) in [6.45, 7) is 17.0. The summed E-state index contributed by atoms with van der Waals surface area (Å²) in [5.74, 6) is 0.879. The van der Waals surface area contributed by atoms with Gasteiger partial charge in [0, 0.05) is 24.4 Å². The number of hydrogen-bond donors (Lipinski definition) is 0. The van der Waals surface area contributed by atoms with Gasteiger partial charge in [-0.25, -0.2) is 0 Å². The molecule has 147 valence electrons. The summed E-state index contributed by atoms with van der Waals surface area (Å²) in [7, 11) is 0.129. The van der Waals surface area contributed by atoms with Crippen LogP contribution in [0.3, 0.4) is 0 Å². The van der Waals surface area contributed by atoms with Gasteiger partial charge in [-0.05, 0) is 87.8 Å². The largest absolute Gasteiger partial charge is 0.491 e. The molecule has 1 radical (unpaired) electrons. The van der Waals surface area contributed by atoms with Gasteiger partial charge in [0.05, 0.1) is 6.10 Å². The summed E-state index contributed by atoms with van der Waals surface area (Å²) in [6.07, 6.45) is 1.18. The van der Waals surface area contributed by atoms with Crippen molar-refractivity contribution in [3.63, 3.8) is 0 Å². The predicted molar refractivity (Wildman–Crippen MR) is 124 cm³/mol. The molecule has 2 atom stereocenters. The van der Waals surface area contributed by atoms with Gasteiger partial charge < -0.3 is 4.74 Å². The number of benzene rings is 2. The van der Waals surface area contributed by atoms with Gasteiger partial charge in [0.2, 0.25) is 0 Å². The molecule has 28 heavy (non-hydrogen) atoms. The Balaban J connectivity index is 0.00000392. The Morgan fingerprint density at radius 2 is 1.61 bits per heavy atom. The van der Waals surface area contributed by atoms with Crippen LogP contribution in [-0.2, 0) is 5.41 Å². The van der Waals surface area contributed by atoms with E-state index in [4.69, 9.17) is 4.74 Å². The quantitative estimate of drug-likeness (QED) is 0.456. The second-order valence-electron chi connectivity index (χ2n) is 8.50. The van der Waals surface area contributed by atoms with Crippen LogP contribution in [0, 0.1) is 20.8 Å². The van der Waals surface area contributed by atoms with E-state index in [0.29, 0.717) is 0 Å². The molecule has 0 aliphatic carbocycles. The Morgan fingerprint density at radius 3 is 2.07 bits per heavy atom. The number of ether oxygens (including phenoxy) is 1. The summed E-state index contributed by atoms with van der Waals surface area (Å²) < 4.78 is 5.89. The number of carbonyl (C=O) groups is 1. The zero-order chi connectivity index (χ0) is 20.4. The van der Waals surface area contributed by atoms with Crippen LogP contribution in [0.1, 0.15) is 73.7 Å². The first kappa shape index (κ1) is 25.0. The van der Waals surface area contributed by atoms with E-state index in [1.807, 2.05) is 18.2 Å². The van der Waals surface area contributed by atoms with Gasteiger partial charge in [-0.3, -0.25) is 4.79 Å². The molecule has 2 aromatic carbocycles. The molecule has 4 heteroatoms. The Labute approximate surface area is 184 Å². The molecule has 0 aliphatic rings. The second-order valence-corrected chi connectivity index (χ2v) is 9.75. The molecule has 2 unspecified atom stereocenters. The zero-order valence-corrected chi connectivity index (χ0v) is 20.0. The van der Waals surface area contributed by atoms with E-state index in [1.165, 1.54) is 5.56 Å². The minimum Gasteiger partial charge on any atom is -0.491 e. The molecule has 0 N–H and O–H groups in total. The average Bonchev–Trinajstić information content (AvgIpc) is 2.55. The van der Waals surface area contributed by atoms with Crippen LogP contribution in [0.25, 0.3) is 0 Å². The summed E-state index contributed by atoms with van der Waals surface area (Å²) in [5.41, 5.74) is 5.72. The third-order valence-electron chi connectivity index (χ3n) is 4.98. The Morgan fingerprint density at radius 1 is 1.04 bits per heavy atom. The third-order valence-corrected chi connectivity index (χ3v) is 6.29. The first-order valence-electron chi connectivity index (χ1n) is 9.73. The molecular weight excluding hydrogens is 358 g/mol. The van der Waals surface area contributed by atoms with Crippen LogP contribution in [0.5, 0.6) is 5.75 Å². The van der Waals surface area contributed by atoms with E-state index < -0.39 is 0 Å². The van der Waals surface area contributed by atoms with Crippen LogP contribution in [-0.4, -0.2) is 30.5 Å². The first-order valence-corrected chi connectivity index (χ1v) is 10.7. The van der Waals surface area contributed by atoms with Crippen molar-refractivity contribution in [1.82, 2.24) is 0 Å². The van der Waals surface area contributed by atoms with Crippen molar-refractivity contribution in [2.24, 2.45) is 0 Å². The molecule has 0 fully saturated rings. The second kappa shape index (κ2) is 10.1. The van der Waals surface area contributed by atoms with E-state index in [9.17, 15) is 4.79 Å². The van der Waals surface area contributed by atoms with E-state index in [1.54, 1.807) is 0 Å². The van der Waals surface area contributed by atoms with Gasteiger partial charge in [-0.1, -0.05) is 45.9 Å². The molecule has 0 amide bonds. The Bertz CT molecular complexity index is 814. The molecule has 0 saturated heterocycles.